The van der Waals surface area contributed by atoms with Crippen LogP contribution in [0, 0.1) is 0 Å². The van der Waals surface area contributed by atoms with Crippen LogP contribution in [0.4, 0.5) is 4.79 Å². The van der Waals surface area contributed by atoms with Gasteiger partial charge in [-0.25, -0.2) is 4.79 Å². The van der Waals surface area contributed by atoms with Gasteiger partial charge in [0.1, 0.15) is 5.60 Å². The van der Waals surface area contributed by atoms with Gasteiger partial charge in [-0.2, -0.15) is 0 Å². The molecule has 27 heavy (non-hydrogen) atoms. The molecule has 2 aromatic carbocycles. The van der Waals surface area contributed by atoms with Crippen LogP contribution < -0.4 is 10.6 Å². The highest BCUT2D eigenvalue weighted by Crippen LogP contribution is 2.24. The molecular formula is C21H24N2O4. The topological polar surface area (TPSA) is 84.5 Å². The van der Waals surface area contributed by atoms with Crippen molar-refractivity contribution in [2.45, 2.75) is 26.4 Å². The van der Waals surface area contributed by atoms with E-state index in [0.29, 0.717) is 16.7 Å². The summed E-state index contributed by atoms with van der Waals surface area (Å²) in [7, 11) is 0. The van der Waals surface area contributed by atoms with Crippen LogP contribution in [-0.4, -0.2) is 37.0 Å². The number of carbonyl (C=O) groups excluding carboxylic acids is 3. The Morgan fingerprint density at radius 2 is 1.67 bits per heavy atom. The summed E-state index contributed by atoms with van der Waals surface area (Å²) >= 11 is 0. The van der Waals surface area contributed by atoms with Crippen molar-refractivity contribution in [1.82, 2.24) is 10.6 Å². The SMILES string of the molecule is CC(C)(C)OC(=O)NCCNC(=O)c1ccc(C=O)c(-c2ccccc2)c1. The molecule has 0 fully saturated rings. The smallest absolute Gasteiger partial charge is 0.407 e. The van der Waals surface area contributed by atoms with Crippen molar-refractivity contribution in [1.29, 1.82) is 0 Å². The van der Waals surface area contributed by atoms with Crippen molar-refractivity contribution in [3.05, 3.63) is 59.7 Å². The summed E-state index contributed by atoms with van der Waals surface area (Å²) < 4.78 is 5.12. The molecule has 2 N–H and O–H groups in total. The highest BCUT2D eigenvalue weighted by molar-refractivity contribution is 5.98. The van der Waals surface area contributed by atoms with Gasteiger partial charge in [-0.05, 0) is 44.0 Å². The van der Waals surface area contributed by atoms with Gasteiger partial charge in [0, 0.05) is 24.2 Å². The molecule has 142 valence electrons. The normalized spacial score (nSPS) is 10.8. The maximum atomic E-state index is 12.4. The number of nitrogens with one attached hydrogen (secondary N) is 2. The second-order valence-corrected chi connectivity index (χ2v) is 6.97. The van der Waals surface area contributed by atoms with Gasteiger partial charge < -0.3 is 15.4 Å². The molecule has 0 spiro atoms. The van der Waals surface area contributed by atoms with Crippen molar-refractivity contribution in [2.75, 3.05) is 13.1 Å². The predicted molar refractivity (Wildman–Crippen MR) is 104 cm³/mol. The molecule has 0 radical (unpaired) electrons. The van der Waals surface area contributed by atoms with E-state index in [9.17, 15) is 14.4 Å². The van der Waals surface area contributed by atoms with Crippen LogP contribution in [0.3, 0.4) is 0 Å². The fourth-order valence-electron chi connectivity index (χ4n) is 2.42. The van der Waals surface area contributed by atoms with Crippen molar-refractivity contribution < 1.29 is 19.1 Å². The molecule has 0 heterocycles. The second-order valence-electron chi connectivity index (χ2n) is 6.97. The van der Waals surface area contributed by atoms with E-state index in [1.807, 2.05) is 30.3 Å². The monoisotopic (exact) mass is 368 g/mol. The Bertz CT molecular complexity index is 811. The quantitative estimate of drug-likeness (QED) is 0.604. The molecular weight excluding hydrogens is 344 g/mol. The first-order chi connectivity index (χ1) is 12.8. The molecule has 2 aromatic rings. The maximum Gasteiger partial charge on any atom is 0.407 e. The number of amides is 2. The number of benzene rings is 2. The molecule has 0 aliphatic carbocycles. The first-order valence-electron chi connectivity index (χ1n) is 8.70. The van der Waals surface area contributed by atoms with Crippen molar-refractivity contribution >= 4 is 18.3 Å². The number of alkyl carbamates (subject to hydrolysis) is 1. The Labute approximate surface area is 158 Å². The largest absolute Gasteiger partial charge is 0.444 e. The van der Waals surface area contributed by atoms with E-state index < -0.39 is 11.7 Å². The highest BCUT2D eigenvalue weighted by Gasteiger charge is 2.15. The Morgan fingerprint density at radius 1 is 1.00 bits per heavy atom. The summed E-state index contributed by atoms with van der Waals surface area (Å²) in [5, 5.41) is 5.32. The third-order valence-electron chi connectivity index (χ3n) is 3.61. The van der Waals surface area contributed by atoms with Gasteiger partial charge in [0.25, 0.3) is 5.91 Å². The van der Waals surface area contributed by atoms with Crippen LogP contribution >= 0.6 is 0 Å². The zero-order valence-corrected chi connectivity index (χ0v) is 15.7. The number of hydrogen-bond donors (Lipinski definition) is 2. The molecule has 0 atom stereocenters. The van der Waals surface area contributed by atoms with Gasteiger partial charge >= 0.3 is 6.09 Å². The second kappa shape index (κ2) is 8.98. The van der Waals surface area contributed by atoms with Crippen molar-refractivity contribution in [3.8, 4) is 11.1 Å². The average Bonchev–Trinajstić information content (AvgIpc) is 2.64. The summed E-state index contributed by atoms with van der Waals surface area (Å²) in [5.41, 5.74) is 1.95. The first-order valence-corrected chi connectivity index (χ1v) is 8.70. The molecule has 0 unspecified atom stereocenters. The lowest BCUT2D eigenvalue weighted by atomic mass is 9.97. The van der Waals surface area contributed by atoms with E-state index in [2.05, 4.69) is 10.6 Å². The van der Waals surface area contributed by atoms with Gasteiger partial charge in [-0.15, -0.1) is 0 Å². The van der Waals surface area contributed by atoms with Gasteiger partial charge in [0.15, 0.2) is 6.29 Å². The minimum absolute atomic E-state index is 0.249. The lowest BCUT2D eigenvalue weighted by Gasteiger charge is -2.19. The molecule has 2 amide bonds. The molecule has 0 aliphatic heterocycles. The van der Waals surface area contributed by atoms with Crippen LogP contribution in [0.2, 0.25) is 0 Å². The molecule has 6 nitrogen and oxygen atoms in total. The Balaban J connectivity index is 1.97. The van der Waals surface area contributed by atoms with Crippen molar-refractivity contribution in [3.63, 3.8) is 0 Å². The lowest BCUT2D eigenvalue weighted by molar-refractivity contribution is 0.0526. The summed E-state index contributed by atoms with van der Waals surface area (Å²) in [5.74, 6) is -0.282. The predicted octanol–water partition coefficient (Wildman–Crippen LogP) is 3.42. The van der Waals surface area contributed by atoms with Gasteiger partial charge in [0.2, 0.25) is 0 Å². The van der Waals surface area contributed by atoms with E-state index in [-0.39, 0.29) is 19.0 Å². The Kier molecular flexibility index (Phi) is 6.71. The molecule has 0 saturated heterocycles. The van der Waals surface area contributed by atoms with Crippen LogP contribution in [-0.2, 0) is 4.74 Å². The third kappa shape index (κ3) is 6.26. The standard InChI is InChI=1S/C21H24N2O4/c1-21(2,3)27-20(26)23-12-11-22-19(25)16-9-10-17(14-24)18(13-16)15-7-5-4-6-8-15/h4-10,13-14H,11-12H2,1-3H3,(H,22,25)(H,23,26). The molecule has 6 heteroatoms. The summed E-state index contributed by atoms with van der Waals surface area (Å²) in [6.07, 6.45) is 0.243. The van der Waals surface area contributed by atoms with E-state index in [4.69, 9.17) is 4.74 Å². The van der Waals surface area contributed by atoms with Gasteiger partial charge in [-0.1, -0.05) is 36.4 Å². The minimum atomic E-state index is -0.568. The number of rotatable bonds is 6. The summed E-state index contributed by atoms with van der Waals surface area (Å²) in [6, 6.07) is 14.3. The first kappa shape index (κ1) is 20.2. The van der Waals surface area contributed by atoms with Crippen LogP contribution in [0.25, 0.3) is 11.1 Å². The van der Waals surface area contributed by atoms with Crippen molar-refractivity contribution in [2.24, 2.45) is 0 Å². The summed E-state index contributed by atoms with van der Waals surface area (Å²) in [6.45, 7) is 5.85. The zero-order chi connectivity index (χ0) is 19.9. The molecule has 0 aliphatic rings. The molecule has 2 rings (SSSR count). The molecule has 0 aromatic heterocycles. The van der Waals surface area contributed by atoms with E-state index in [1.165, 1.54) is 0 Å². The lowest BCUT2D eigenvalue weighted by Crippen LogP contribution is -2.37. The third-order valence-corrected chi connectivity index (χ3v) is 3.61. The van der Waals surface area contributed by atoms with E-state index in [0.717, 1.165) is 11.8 Å². The van der Waals surface area contributed by atoms with Crippen LogP contribution in [0.1, 0.15) is 41.5 Å². The molecule has 0 bridgehead atoms. The maximum absolute atomic E-state index is 12.4. The molecule has 0 saturated carbocycles. The Hall–Kier alpha value is -3.15. The highest BCUT2D eigenvalue weighted by atomic mass is 16.6. The fourth-order valence-corrected chi connectivity index (χ4v) is 2.42. The summed E-state index contributed by atoms with van der Waals surface area (Å²) in [4.78, 5) is 35.2. The number of aldehydes is 1. The van der Waals surface area contributed by atoms with Crippen LogP contribution in [0.15, 0.2) is 48.5 Å². The number of carbonyl (C=O) groups is 3. The van der Waals surface area contributed by atoms with Crippen LogP contribution in [0.5, 0.6) is 0 Å². The zero-order valence-electron chi connectivity index (χ0n) is 15.7. The average molecular weight is 368 g/mol. The number of hydrogen-bond acceptors (Lipinski definition) is 4. The van der Waals surface area contributed by atoms with Gasteiger partial charge in [-0.3, -0.25) is 9.59 Å². The Morgan fingerprint density at radius 3 is 2.30 bits per heavy atom. The minimum Gasteiger partial charge on any atom is -0.444 e. The van der Waals surface area contributed by atoms with E-state index in [1.54, 1.807) is 39.0 Å². The van der Waals surface area contributed by atoms with Gasteiger partial charge in [0.05, 0.1) is 0 Å². The van der Waals surface area contributed by atoms with E-state index >= 15 is 0 Å². The number of ether oxygens (including phenoxy) is 1. The fraction of sp³-hybridized carbons (Fsp3) is 0.286.